The molecule has 0 aliphatic rings. The van der Waals surface area contributed by atoms with Crippen molar-refractivity contribution in [1.82, 2.24) is 29.6 Å². The highest BCUT2D eigenvalue weighted by Crippen LogP contribution is 2.21. The van der Waals surface area contributed by atoms with Crippen LogP contribution >= 0.6 is 0 Å². The van der Waals surface area contributed by atoms with Gasteiger partial charge in [-0.2, -0.15) is 10.1 Å². The number of aromatic nitrogens is 5. The van der Waals surface area contributed by atoms with Crippen molar-refractivity contribution in [1.29, 1.82) is 0 Å². The summed E-state index contributed by atoms with van der Waals surface area (Å²) in [5, 5.41) is 7.41. The van der Waals surface area contributed by atoms with Crippen LogP contribution in [0.2, 0.25) is 0 Å². The van der Waals surface area contributed by atoms with E-state index in [0.29, 0.717) is 33.9 Å². The van der Waals surface area contributed by atoms with Crippen molar-refractivity contribution in [3.05, 3.63) is 106 Å². The Bertz CT molecular complexity index is 1810. The first-order chi connectivity index (χ1) is 18.9. The van der Waals surface area contributed by atoms with E-state index in [9.17, 15) is 9.59 Å². The predicted octanol–water partition coefficient (Wildman–Crippen LogP) is 3.00. The van der Waals surface area contributed by atoms with Crippen molar-refractivity contribution in [3.8, 4) is 23.4 Å². The third kappa shape index (κ3) is 5.06. The lowest BCUT2D eigenvalue weighted by Gasteiger charge is -2.20. The Morgan fingerprint density at radius 2 is 1.85 bits per heavy atom. The van der Waals surface area contributed by atoms with Crippen LogP contribution < -0.4 is 21.3 Å². The highest BCUT2D eigenvalue weighted by Gasteiger charge is 2.22. The number of carbonyl (C=O) groups is 1. The summed E-state index contributed by atoms with van der Waals surface area (Å²) in [4.78, 5) is 36.1. The number of carbonyl (C=O) groups excluding carboxylic acids is 1. The van der Waals surface area contributed by atoms with Crippen molar-refractivity contribution >= 4 is 22.6 Å². The zero-order valence-electron chi connectivity index (χ0n) is 21.5. The molecule has 10 nitrogen and oxygen atoms in total. The number of amides is 1. The van der Waals surface area contributed by atoms with E-state index in [2.05, 4.69) is 27.2 Å². The second kappa shape index (κ2) is 10.5. The molecule has 5 rings (SSSR count). The van der Waals surface area contributed by atoms with Gasteiger partial charge < -0.3 is 15.8 Å². The van der Waals surface area contributed by atoms with Crippen LogP contribution in [0.25, 0.3) is 16.6 Å². The van der Waals surface area contributed by atoms with Crippen molar-refractivity contribution in [2.75, 3.05) is 12.8 Å². The van der Waals surface area contributed by atoms with E-state index in [1.54, 1.807) is 48.3 Å². The van der Waals surface area contributed by atoms with Gasteiger partial charge in [0.2, 0.25) is 5.88 Å². The number of nitrogens with one attached hydrogen (secondary N) is 1. The number of nitrogens with zero attached hydrogens (tertiary/aromatic N) is 5. The first-order valence-electron chi connectivity index (χ1n) is 12.1. The third-order valence-corrected chi connectivity index (χ3v) is 6.07. The molecule has 0 fully saturated rings. The van der Waals surface area contributed by atoms with Crippen LogP contribution in [0.3, 0.4) is 0 Å². The molecule has 2 aromatic carbocycles. The molecule has 0 radical (unpaired) electrons. The average Bonchev–Trinajstić information content (AvgIpc) is 3.36. The molecule has 5 aromatic rings. The molecule has 0 aliphatic heterocycles. The Morgan fingerprint density at radius 3 is 2.54 bits per heavy atom. The molecule has 0 spiro atoms. The molecule has 1 atom stereocenters. The van der Waals surface area contributed by atoms with E-state index in [-0.39, 0.29) is 16.9 Å². The summed E-state index contributed by atoms with van der Waals surface area (Å²) >= 11 is 0. The van der Waals surface area contributed by atoms with Gasteiger partial charge >= 0.3 is 0 Å². The van der Waals surface area contributed by atoms with E-state index < -0.39 is 11.9 Å². The Labute approximate surface area is 224 Å². The summed E-state index contributed by atoms with van der Waals surface area (Å²) in [6.45, 7) is 1.75. The summed E-state index contributed by atoms with van der Waals surface area (Å²) < 4.78 is 8.23. The Morgan fingerprint density at radius 1 is 1.05 bits per heavy atom. The summed E-state index contributed by atoms with van der Waals surface area (Å²) in [5.74, 6) is 6.38. The van der Waals surface area contributed by atoms with Gasteiger partial charge in [0.15, 0.2) is 0 Å². The molecule has 0 bridgehead atoms. The van der Waals surface area contributed by atoms with Crippen LogP contribution in [0.5, 0.6) is 5.88 Å². The second-order valence-corrected chi connectivity index (χ2v) is 8.78. The molecule has 194 valence electrons. The van der Waals surface area contributed by atoms with Gasteiger partial charge in [0.1, 0.15) is 11.6 Å². The topological polar surface area (TPSA) is 130 Å². The van der Waals surface area contributed by atoms with Crippen molar-refractivity contribution in [2.24, 2.45) is 7.05 Å². The number of aryl methyl sites for hydroxylation is 1. The van der Waals surface area contributed by atoms with Crippen LogP contribution in [0.1, 0.15) is 40.3 Å². The van der Waals surface area contributed by atoms with Gasteiger partial charge in [0.25, 0.3) is 11.5 Å². The Hall–Kier alpha value is -5.43. The first-order valence-corrected chi connectivity index (χ1v) is 12.1. The minimum atomic E-state index is -0.665. The fraction of sp³-hybridized carbons (Fsp3) is 0.138. The van der Waals surface area contributed by atoms with Crippen LogP contribution in [-0.4, -0.2) is 37.3 Å². The lowest BCUT2D eigenvalue weighted by molar-refractivity contribution is 0.0938. The number of anilines is 1. The first kappa shape index (κ1) is 25.2. The second-order valence-electron chi connectivity index (χ2n) is 8.78. The van der Waals surface area contributed by atoms with Gasteiger partial charge in [0, 0.05) is 24.9 Å². The van der Waals surface area contributed by atoms with Crippen molar-refractivity contribution in [3.63, 3.8) is 0 Å². The summed E-state index contributed by atoms with van der Waals surface area (Å²) in [6, 6.07) is 16.9. The molecule has 0 saturated carbocycles. The maximum absolute atomic E-state index is 14.1. The molecule has 0 saturated heterocycles. The fourth-order valence-electron chi connectivity index (χ4n) is 4.19. The summed E-state index contributed by atoms with van der Waals surface area (Å²) in [7, 11) is 3.28. The number of pyridine rings is 1. The molecule has 3 aromatic heterocycles. The molecular weight excluding hydrogens is 494 g/mol. The number of nitrogens with two attached hydrogens (primary N) is 1. The number of hydrogen-bond donors (Lipinski definition) is 2. The molecule has 3 N–H and O–H groups in total. The number of methoxy groups -OCH3 is 1. The maximum atomic E-state index is 14.1. The third-order valence-electron chi connectivity index (χ3n) is 6.07. The number of nitrogen functional groups attached to an aromatic ring is 1. The van der Waals surface area contributed by atoms with Gasteiger partial charge in [-0.05, 0) is 37.3 Å². The molecule has 0 unspecified atom stereocenters. The molecular formula is C29H25N7O3. The van der Waals surface area contributed by atoms with E-state index in [0.717, 1.165) is 5.56 Å². The monoisotopic (exact) mass is 519 g/mol. The minimum Gasteiger partial charge on any atom is -0.481 e. The van der Waals surface area contributed by atoms with Gasteiger partial charge in [-0.3, -0.25) is 18.8 Å². The lowest BCUT2D eigenvalue weighted by atomic mass is 10.1. The number of para-hydroxylation sites is 1. The summed E-state index contributed by atoms with van der Waals surface area (Å²) in [6.07, 6.45) is 3.46. The highest BCUT2D eigenvalue weighted by molar-refractivity contribution is 5.98. The smallest absolute Gasteiger partial charge is 0.267 e. The predicted molar refractivity (Wildman–Crippen MR) is 148 cm³/mol. The van der Waals surface area contributed by atoms with Gasteiger partial charge in [-0.25, -0.2) is 4.98 Å². The number of benzene rings is 2. The molecule has 3 heterocycles. The number of hydrogen-bond acceptors (Lipinski definition) is 7. The van der Waals surface area contributed by atoms with E-state index in [1.165, 1.54) is 17.7 Å². The Balaban J connectivity index is 1.62. The van der Waals surface area contributed by atoms with E-state index in [1.807, 2.05) is 37.4 Å². The van der Waals surface area contributed by atoms with E-state index in [4.69, 9.17) is 15.5 Å². The van der Waals surface area contributed by atoms with Crippen molar-refractivity contribution < 1.29 is 9.53 Å². The average molecular weight is 520 g/mol. The van der Waals surface area contributed by atoms with Crippen molar-refractivity contribution in [2.45, 2.75) is 13.0 Å². The van der Waals surface area contributed by atoms with Crippen LogP contribution in [0.15, 0.2) is 77.9 Å². The number of ether oxygens (including phenoxy) is 1. The van der Waals surface area contributed by atoms with E-state index >= 15 is 0 Å². The molecule has 1 amide bonds. The fourth-order valence-corrected chi connectivity index (χ4v) is 4.19. The van der Waals surface area contributed by atoms with Gasteiger partial charge in [-0.1, -0.05) is 36.1 Å². The Kier molecular flexibility index (Phi) is 6.80. The normalized spacial score (nSPS) is 11.5. The van der Waals surface area contributed by atoms with Crippen LogP contribution in [0.4, 0.5) is 5.82 Å². The standard InChI is InChI=1S/C29H25N7O3/c1-18(32-28(37)22-14-15-24(39-3)34-26(22)30)27-33-23-11-7-8-20(13-12-19-16-31-35(2)17-19)25(23)29(38)36(27)21-9-5-4-6-10-21/h4-11,14-18H,1-3H3,(H2,30,34)(H,32,37)/t18-/m0/s1. The van der Waals surface area contributed by atoms with Crippen LogP contribution in [-0.2, 0) is 7.05 Å². The zero-order valence-corrected chi connectivity index (χ0v) is 21.5. The zero-order chi connectivity index (χ0) is 27.5. The number of rotatable bonds is 5. The maximum Gasteiger partial charge on any atom is 0.267 e. The largest absolute Gasteiger partial charge is 0.481 e. The summed E-state index contributed by atoms with van der Waals surface area (Å²) in [5.41, 5.74) is 8.20. The molecule has 10 heteroatoms. The number of fused-ring (bicyclic) bond motifs is 1. The minimum absolute atomic E-state index is 0.0304. The van der Waals surface area contributed by atoms with Gasteiger partial charge in [0.05, 0.1) is 47.1 Å². The SMILES string of the molecule is COc1ccc(C(=O)N[C@@H](C)c2nc3cccc(C#Cc4cnn(C)c4)c3c(=O)n2-c2ccccc2)c(N)n1. The quantitative estimate of drug-likeness (QED) is 0.342. The van der Waals surface area contributed by atoms with Crippen LogP contribution in [0, 0.1) is 11.8 Å². The highest BCUT2D eigenvalue weighted by atomic mass is 16.5. The van der Waals surface area contributed by atoms with Gasteiger partial charge in [-0.15, -0.1) is 0 Å². The molecule has 39 heavy (non-hydrogen) atoms. The lowest BCUT2D eigenvalue weighted by Crippen LogP contribution is -2.33. The molecule has 0 aliphatic carbocycles.